The molecule has 0 saturated heterocycles. The van der Waals surface area contributed by atoms with Gasteiger partial charge in [0.15, 0.2) is 5.43 Å². The van der Waals surface area contributed by atoms with Crippen LogP contribution >= 0.6 is 0 Å². The van der Waals surface area contributed by atoms with Crippen LogP contribution < -0.4 is 30.9 Å². The number of carboxylic acids is 3. The Morgan fingerprint density at radius 1 is 0.652 bits per heavy atom. The molecule has 2 heterocycles. The Morgan fingerprint density at radius 3 is 2.04 bits per heavy atom. The molecule has 4 aromatic carbocycles. The molecule has 8 rings (SSSR count). The van der Waals surface area contributed by atoms with Gasteiger partial charge in [-0.3, -0.25) is 14.4 Å². The lowest BCUT2D eigenvalue weighted by Crippen LogP contribution is -2.23. The molecule has 4 aromatic rings. The molecular formula is C53H43N4O12+. The van der Waals surface area contributed by atoms with Gasteiger partial charge in [-0.2, -0.15) is 0 Å². The standard InChI is InChI=1S/C53H42N4O12/c1-56(2)30-11-16-35-43(24-30)68-44-25-31(57(3)4)12-17-36(44)48(35)39-22-28(9-15-34(39)52(64)65)50(61)54-21-7-5-6-8-46(60)55-27-41-42(59)20-19-38-47(37-18-13-32(58)26-45(37)69-49(38)41)33-14-10-29(51(62)63)23-40(33)53(66)67/h5-20,22-26H,21,27H2,1-4H3,(H5-,54,55,58,59,60,61,62,63,64,65,66,67)/p+1/b7-5+,8-6+. The summed E-state index contributed by atoms with van der Waals surface area (Å²) in [6.07, 6.45) is 5.78. The van der Waals surface area contributed by atoms with Gasteiger partial charge in [-0.15, -0.1) is 0 Å². The Kier molecular flexibility index (Phi) is 12.7. The van der Waals surface area contributed by atoms with Gasteiger partial charge in [0.1, 0.15) is 42.5 Å². The lowest BCUT2D eigenvalue weighted by Gasteiger charge is -2.19. The average Bonchev–Trinajstić information content (AvgIpc) is 3.32. The molecule has 0 fully saturated rings. The molecule has 6 N–H and O–H groups in total. The number of benzene rings is 6. The van der Waals surface area contributed by atoms with E-state index in [2.05, 4.69) is 10.6 Å². The van der Waals surface area contributed by atoms with Gasteiger partial charge < -0.3 is 44.8 Å². The van der Waals surface area contributed by atoms with Crippen LogP contribution in [0.3, 0.4) is 0 Å². The van der Waals surface area contributed by atoms with Gasteiger partial charge in [0.2, 0.25) is 11.3 Å². The fraction of sp³-hybridized carbons (Fsp3) is 0.113. The number of nitrogens with zero attached hydrogens (tertiary/aromatic N) is 2. The van der Waals surface area contributed by atoms with Crippen LogP contribution in [-0.4, -0.2) is 84.9 Å². The van der Waals surface area contributed by atoms with Crippen LogP contribution in [0.1, 0.15) is 47.0 Å². The summed E-state index contributed by atoms with van der Waals surface area (Å²) >= 11 is 0. The number of aromatic carboxylic acids is 3. The zero-order chi connectivity index (χ0) is 49.3. The number of carbonyl (C=O) groups is 5. The van der Waals surface area contributed by atoms with Gasteiger partial charge in [0.05, 0.1) is 34.9 Å². The number of phenolic OH excluding ortho intramolecular Hbond substituents is 1. The number of fused-ring (bicyclic) bond motifs is 4. The van der Waals surface area contributed by atoms with Crippen LogP contribution in [-0.2, 0) is 11.3 Å². The van der Waals surface area contributed by atoms with E-state index in [1.165, 1.54) is 72.8 Å². The van der Waals surface area contributed by atoms with Crippen LogP contribution in [0.4, 0.5) is 5.69 Å². The smallest absolute Gasteiger partial charge is 0.336 e. The first-order valence-electron chi connectivity index (χ1n) is 21.3. The third-order valence-electron chi connectivity index (χ3n) is 11.5. The molecule has 0 spiro atoms. The molecule has 0 aromatic heterocycles. The van der Waals surface area contributed by atoms with Crippen molar-refractivity contribution < 1.29 is 53.2 Å². The first kappa shape index (κ1) is 46.2. The first-order valence-corrected chi connectivity index (χ1v) is 21.3. The maximum atomic E-state index is 13.5. The zero-order valence-electron chi connectivity index (χ0n) is 37.5. The molecule has 0 bridgehead atoms. The molecule has 346 valence electrons. The maximum Gasteiger partial charge on any atom is 0.336 e. The quantitative estimate of drug-likeness (QED) is 0.0292. The number of aromatic hydroxyl groups is 1. The Labute approximate surface area is 392 Å². The zero-order valence-corrected chi connectivity index (χ0v) is 37.5. The van der Waals surface area contributed by atoms with Crippen LogP contribution in [0, 0.1) is 0 Å². The predicted octanol–water partition coefficient (Wildman–Crippen LogP) is 7.14. The number of hydrogen-bond donors (Lipinski definition) is 6. The van der Waals surface area contributed by atoms with Crippen molar-refractivity contribution >= 4 is 57.3 Å². The highest BCUT2D eigenvalue weighted by molar-refractivity contribution is 6.11. The van der Waals surface area contributed by atoms with Crippen molar-refractivity contribution in [2.75, 3.05) is 39.6 Å². The topological polar surface area (TPSA) is 240 Å². The molecule has 0 atom stereocenters. The van der Waals surface area contributed by atoms with Crippen molar-refractivity contribution in [3.8, 4) is 50.7 Å². The van der Waals surface area contributed by atoms with Gasteiger partial charge in [-0.1, -0.05) is 24.3 Å². The number of nitrogens with one attached hydrogen (secondary N) is 2. The molecule has 2 aliphatic heterocycles. The van der Waals surface area contributed by atoms with Crippen molar-refractivity contribution in [3.05, 3.63) is 171 Å². The van der Waals surface area contributed by atoms with E-state index in [1.807, 2.05) is 74.1 Å². The van der Waals surface area contributed by atoms with Crippen molar-refractivity contribution in [1.82, 2.24) is 15.2 Å². The molecule has 2 aliphatic carbocycles. The number of phenols is 1. The van der Waals surface area contributed by atoms with Crippen LogP contribution in [0.5, 0.6) is 5.75 Å². The Bertz CT molecular complexity index is 3580. The molecule has 0 radical (unpaired) electrons. The molecule has 16 heteroatoms. The fourth-order valence-corrected chi connectivity index (χ4v) is 8.08. The number of allylic oxidation sites excluding steroid dienone is 2. The van der Waals surface area contributed by atoms with Crippen LogP contribution in [0.15, 0.2) is 141 Å². The highest BCUT2D eigenvalue weighted by Gasteiger charge is 2.26. The second-order valence-electron chi connectivity index (χ2n) is 16.4. The monoisotopic (exact) mass is 927 g/mol. The number of hydrogen-bond acceptors (Lipinski definition) is 10. The van der Waals surface area contributed by atoms with Crippen LogP contribution in [0.25, 0.3) is 66.8 Å². The number of amides is 2. The summed E-state index contributed by atoms with van der Waals surface area (Å²) in [6.45, 7) is -0.214. The SMILES string of the molecule is CN(C)c1ccc2c(-c3cc(C(=O)NC/C=C/C=C/C(=O)NCc4c(O)ccc5c(-c6ccc(C(=O)O)cc6C(=O)O)c6ccc(=O)cc-6oc45)ccc3C(=O)O)c3ccc(=[N+](C)C)cc-3oc2c1. The molecule has 16 nitrogen and oxygen atoms in total. The van der Waals surface area contributed by atoms with E-state index >= 15 is 0 Å². The summed E-state index contributed by atoms with van der Waals surface area (Å²) in [5.41, 5.74) is 3.18. The summed E-state index contributed by atoms with van der Waals surface area (Å²) in [4.78, 5) is 77.7. The van der Waals surface area contributed by atoms with E-state index in [0.29, 0.717) is 49.9 Å². The van der Waals surface area contributed by atoms with E-state index in [4.69, 9.17) is 8.83 Å². The second kappa shape index (κ2) is 18.9. The molecule has 0 saturated carbocycles. The number of carbonyl (C=O) groups excluding carboxylic acids is 2. The third-order valence-corrected chi connectivity index (χ3v) is 11.5. The van der Waals surface area contributed by atoms with E-state index in [1.54, 1.807) is 12.1 Å². The minimum atomic E-state index is -1.40. The van der Waals surface area contributed by atoms with Gasteiger partial charge in [0.25, 0.3) is 5.91 Å². The summed E-state index contributed by atoms with van der Waals surface area (Å²) in [5.74, 6) is -4.61. The summed E-state index contributed by atoms with van der Waals surface area (Å²) < 4.78 is 14.5. The van der Waals surface area contributed by atoms with Gasteiger partial charge >= 0.3 is 17.9 Å². The molecule has 0 unspecified atom stereocenters. The van der Waals surface area contributed by atoms with Crippen LogP contribution in [0.2, 0.25) is 0 Å². The van der Waals surface area contributed by atoms with Gasteiger partial charge in [-0.25, -0.2) is 19.0 Å². The Balaban J connectivity index is 1.01. The fourth-order valence-electron chi connectivity index (χ4n) is 8.08. The summed E-state index contributed by atoms with van der Waals surface area (Å²) in [6, 6.07) is 26.2. The normalized spacial score (nSPS) is 11.5. The van der Waals surface area contributed by atoms with Gasteiger partial charge in [0, 0.05) is 89.2 Å². The van der Waals surface area contributed by atoms with Gasteiger partial charge in [-0.05, 0) is 83.9 Å². The molecular weight excluding hydrogens is 885 g/mol. The molecule has 2 amide bonds. The number of carboxylic acid groups (broad SMARTS) is 3. The van der Waals surface area contributed by atoms with E-state index in [0.717, 1.165) is 17.1 Å². The molecule has 4 aliphatic rings. The maximum absolute atomic E-state index is 13.5. The van der Waals surface area contributed by atoms with E-state index in [9.17, 15) is 49.2 Å². The van der Waals surface area contributed by atoms with Crippen molar-refractivity contribution in [3.63, 3.8) is 0 Å². The minimum Gasteiger partial charge on any atom is -0.507 e. The van der Waals surface area contributed by atoms with E-state index in [-0.39, 0.29) is 63.6 Å². The first-order chi connectivity index (χ1) is 33.0. The Morgan fingerprint density at radius 2 is 1.33 bits per heavy atom. The second-order valence-corrected chi connectivity index (χ2v) is 16.4. The minimum absolute atomic E-state index is 0.00249. The predicted molar refractivity (Wildman–Crippen MR) is 259 cm³/mol. The van der Waals surface area contributed by atoms with Crippen molar-refractivity contribution in [1.29, 1.82) is 0 Å². The average molecular weight is 928 g/mol. The lowest BCUT2D eigenvalue weighted by molar-refractivity contribution is -0.116. The third kappa shape index (κ3) is 9.26. The van der Waals surface area contributed by atoms with Crippen molar-refractivity contribution in [2.24, 2.45) is 0 Å². The Hall–Kier alpha value is -9.31. The van der Waals surface area contributed by atoms with E-state index < -0.39 is 35.2 Å². The highest BCUT2D eigenvalue weighted by atomic mass is 16.4. The van der Waals surface area contributed by atoms with Crippen molar-refractivity contribution in [2.45, 2.75) is 6.54 Å². The summed E-state index contributed by atoms with van der Waals surface area (Å²) in [5, 5.41) is 48.3. The number of anilines is 1. The largest absolute Gasteiger partial charge is 0.507 e. The summed E-state index contributed by atoms with van der Waals surface area (Å²) in [7, 11) is 7.62. The lowest BCUT2D eigenvalue weighted by atomic mass is 9.89. The highest BCUT2D eigenvalue weighted by Crippen LogP contribution is 2.45. The number of rotatable bonds is 13. The molecule has 69 heavy (non-hydrogen) atoms.